The van der Waals surface area contributed by atoms with E-state index in [-0.39, 0.29) is 17.4 Å². The van der Waals surface area contributed by atoms with Gasteiger partial charge in [0.05, 0.1) is 5.41 Å². The average molecular weight is 478 g/mol. The molecule has 0 radical (unpaired) electrons. The third kappa shape index (κ3) is 3.19. The molecule has 4 bridgehead atoms. The molecule has 5 aliphatic rings. The minimum Gasteiger partial charge on any atom is -0.330 e. The molecule has 5 heteroatoms. The maximum Gasteiger partial charge on any atom is 0.247 e. The van der Waals surface area contributed by atoms with Gasteiger partial charge in [0.2, 0.25) is 11.8 Å². The van der Waals surface area contributed by atoms with Crippen molar-refractivity contribution in [2.24, 2.45) is 23.2 Å². The molecule has 4 aliphatic carbocycles. The van der Waals surface area contributed by atoms with Crippen molar-refractivity contribution in [1.29, 1.82) is 0 Å². The number of hydrogen-bond acceptors (Lipinski definition) is 2. The van der Waals surface area contributed by atoms with Crippen molar-refractivity contribution in [1.82, 2.24) is 4.90 Å². The fraction of sp³-hybridized carbons (Fsp3) is 0.636. The highest BCUT2D eigenvalue weighted by Gasteiger charge is 2.56. The smallest absolute Gasteiger partial charge is 0.247 e. The largest absolute Gasteiger partial charge is 0.330 e. The summed E-state index contributed by atoms with van der Waals surface area (Å²) in [5, 5.41) is 3.05. The minimum absolute atomic E-state index is 0.0208. The molecule has 1 aromatic carbocycles. The molecule has 0 aromatic heterocycles. The first kappa shape index (κ1) is 18.0. The summed E-state index contributed by atoms with van der Waals surface area (Å²) in [4.78, 5) is 28.6. The van der Waals surface area contributed by atoms with E-state index in [0.29, 0.717) is 5.91 Å². The highest BCUT2D eigenvalue weighted by molar-refractivity contribution is 14.1. The summed E-state index contributed by atoms with van der Waals surface area (Å²) in [6.07, 6.45) is 8.93. The lowest BCUT2D eigenvalue weighted by Gasteiger charge is -2.56. The third-order valence-corrected chi connectivity index (χ3v) is 8.07. The van der Waals surface area contributed by atoms with Crippen LogP contribution in [0.3, 0.4) is 0 Å². The molecule has 4 saturated carbocycles. The number of halogens is 1. The van der Waals surface area contributed by atoms with Gasteiger partial charge >= 0.3 is 0 Å². The fourth-order valence-electron chi connectivity index (χ4n) is 6.75. The van der Waals surface area contributed by atoms with Crippen LogP contribution < -0.4 is 5.32 Å². The van der Waals surface area contributed by atoms with Crippen molar-refractivity contribution < 1.29 is 9.59 Å². The summed E-state index contributed by atoms with van der Waals surface area (Å²) >= 11 is 2.25. The van der Waals surface area contributed by atoms with Gasteiger partial charge in [0.15, 0.2) is 0 Å². The van der Waals surface area contributed by atoms with Crippen molar-refractivity contribution in [3.8, 4) is 0 Å². The average Bonchev–Trinajstić information content (AvgIpc) is 3.09. The molecule has 1 N–H and O–H groups in total. The molecule has 1 saturated heterocycles. The second-order valence-electron chi connectivity index (χ2n) is 9.35. The number of amides is 2. The zero-order valence-electron chi connectivity index (χ0n) is 15.6. The van der Waals surface area contributed by atoms with Gasteiger partial charge in [-0.3, -0.25) is 9.59 Å². The molecule has 27 heavy (non-hydrogen) atoms. The van der Waals surface area contributed by atoms with E-state index in [0.717, 1.165) is 65.7 Å². The molecule has 5 fully saturated rings. The molecular weight excluding hydrogens is 451 g/mol. The van der Waals surface area contributed by atoms with Crippen LogP contribution in [0.4, 0.5) is 5.69 Å². The van der Waals surface area contributed by atoms with Gasteiger partial charge in [0.1, 0.15) is 6.04 Å². The Balaban J connectivity index is 1.33. The Morgan fingerprint density at radius 3 is 2.37 bits per heavy atom. The quantitative estimate of drug-likeness (QED) is 0.654. The van der Waals surface area contributed by atoms with Crippen molar-refractivity contribution >= 4 is 40.1 Å². The zero-order chi connectivity index (χ0) is 18.6. The van der Waals surface area contributed by atoms with Crippen LogP contribution in [0.2, 0.25) is 0 Å². The number of rotatable bonds is 3. The number of anilines is 1. The van der Waals surface area contributed by atoms with Gasteiger partial charge < -0.3 is 10.2 Å². The zero-order valence-corrected chi connectivity index (χ0v) is 17.8. The van der Waals surface area contributed by atoms with E-state index < -0.39 is 0 Å². The number of nitrogens with one attached hydrogen (secondary N) is 1. The van der Waals surface area contributed by atoms with E-state index in [1.165, 1.54) is 19.3 Å². The van der Waals surface area contributed by atoms with E-state index in [4.69, 9.17) is 0 Å². The Morgan fingerprint density at radius 2 is 1.74 bits per heavy atom. The van der Waals surface area contributed by atoms with Crippen LogP contribution in [0.5, 0.6) is 0 Å². The van der Waals surface area contributed by atoms with Gasteiger partial charge in [-0.05, 0) is 110 Å². The first-order valence-corrected chi connectivity index (χ1v) is 11.5. The number of likely N-dealkylation sites (tertiary alicyclic amines) is 1. The molecule has 4 nitrogen and oxygen atoms in total. The van der Waals surface area contributed by atoms with Crippen molar-refractivity contribution in [2.45, 2.75) is 57.4 Å². The molecule has 0 spiro atoms. The Hall–Kier alpha value is -1.11. The van der Waals surface area contributed by atoms with E-state index >= 15 is 0 Å². The van der Waals surface area contributed by atoms with Gasteiger partial charge in [0, 0.05) is 15.8 Å². The number of benzene rings is 1. The molecule has 6 rings (SSSR count). The summed E-state index contributed by atoms with van der Waals surface area (Å²) in [6.45, 7) is 0.741. The van der Waals surface area contributed by atoms with Gasteiger partial charge in [0.25, 0.3) is 0 Å². The Bertz CT molecular complexity index is 742. The van der Waals surface area contributed by atoms with Crippen LogP contribution in [-0.4, -0.2) is 29.3 Å². The van der Waals surface area contributed by atoms with E-state index in [1.54, 1.807) is 0 Å². The first-order chi connectivity index (χ1) is 13.0. The van der Waals surface area contributed by atoms with E-state index in [9.17, 15) is 9.59 Å². The highest BCUT2D eigenvalue weighted by atomic mass is 127. The standard InChI is InChI=1S/C22H27IN2O2/c23-17-3-1-4-18(10-17)24-20(26)19-5-2-6-25(19)21(27)22-11-14-7-15(12-22)9-16(8-14)13-22/h1,3-4,10,14-16,19H,2,5-9,11-13H2,(H,24,26). The first-order valence-electron chi connectivity index (χ1n) is 10.4. The van der Waals surface area contributed by atoms with Crippen molar-refractivity contribution in [2.75, 3.05) is 11.9 Å². The lowest BCUT2D eigenvalue weighted by atomic mass is 9.49. The molecule has 144 valence electrons. The van der Waals surface area contributed by atoms with Crippen molar-refractivity contribution in [3.05, 3.63) is 27.8 Å². The summed E-state index contributed by atoms with van der Waals surface area (Å²) < 4.78 is 1.10. The van der Waals surface area contributed by atoms with Crippen LogP contribution in [0.15, 0.2) is 24.3 Å². The number of hydrogen-bond donors (Lipinski definition) is 1. The summed E-state index contributed by atoms with van der Waals surface area (Å²) in [5.74, 6) is 2.53. The SMILES string of the molecule is O=C(Nc1cccc(I)c1)C1CCCN1C(=O)C12CC3CC(CC(C3)C1)C2. The highest BCUT2D eigenvalue weighted by Crippen LogP contribution is 2.60. The molecule has 1 aromatic rings. The van der Waals surface area contributed by atoms with Gasteiger partial charge in [-0.15, -0.1) is 0 Å². The normalized spacial score (nSPS) is 36.9. The molecule has 1 heterocycles. The Morgan fingerprint density at radius 1 is 1.07 bits per heavy atom. The second kappa shape index (κ2) is 6.75. The summed E-state index contributed by atoms with van der Waals surface area (Å²) in [5.41, 5.74) is 0.667. The van der Waals surface area contributed by atoms with Crippen LogP contribution in [0, 0.1) is 26.7 Å². The number of carbonyl (C=O) groups is 2. The molecule has 1 aliphatic heterocycles. The van der Waals surface area contributed by atoms with Gasteiger partial charge in [-0.2, -0.15) is 0 Å². The maximum atomic E-state index is 13.7. The molecule has 1 atom stereocenters. The molecular formula is C22H27IN2O2. The van der Waals surface area contributed by atoms with Crippen LogP contribution in [-0.2, 0) is 9.59 Å². The topological polar surface area (TPSA) is 49.4 Å². The summed E-state index contributed by atoms with van der Waals surface area (Å²) in [6, 6.07) is 7.54. The van der Waals surface area contributed by atoms with E-state index in [1.807, 2.05) is 29.2 Å². The monoisotopic (exact) mass is 478 g/mol. The number of carbonyl (C=O) groups excluding carboxylic acids is 2. The lowest BCUT2D eigenvalue weighted by Crippen LogP contribution is -2.56. The molecule has 1 unspecified atom stereocenters. The number of nitrogens with zero attached hydrogens (tertiary/aromatic N) is 1. The lowest BCUT2D eigenvalue weighted by molar-refractivity contribution is -0.160. The predicted molar refractivity (Wildman–Crippen MR) is 113 cm³/mol. The van der Waals surface area contributed by atoms with Gasteiger partial charge in [-0.25, -0.2) is 0 Å². The maximum absolute atomic E-state index is 13.7. The van der Waals surface area contributed by atoms with Crippen LogP contribution >= 0.6 is 22.6 Å². The van der Waals surface area contributed by atoms with Crippen LogP contribution in [0.1, 0.15) is 51.4 Å². The Kier molecular flexibility index (Phi) is 4.49. The Labute approximate surface area is 174 Å². The van der Waals surface area contributed by atoms with Crippen molar-refractivity contribution in [3.63, 3.8) is 0 Å². The minimum atomic E-state index is -0.302. The third-order valence-electron chi connectivity index (χ3n) is 7.40. The van der Waals surface area contributed by atoms with Crippen LogP contribution in [0.25, 0.3) is 0 Å². The second-order valence-corrected chi connectivity index (χ2v) is 10.6. The fourth-order valence-corrected chi connectivity index (χ4v) is 7.29. The predicted octanol–water partition coefficient (Wildman–Crippen LogP) is 4.44. The summed E-state index contributed by atoms with van der Waals surface area (Å²) in [7, 11) is 0. The van der Waals surface area contributed by atoms with E-state index in [2.05, 4.69) is 27.9 Å². The van der Waals surface area contributed by atoms with Gasteiger partial charge in [-0.1, -0.05) is 6.07 Å². The molecule has 2 amide bonds.